The van der Waals surface area contributed by atoms with E-state index in [1.165, 1.54) is 6.21 Å². The Labute approximate surface area is 136 Å². The molecule has 3 N–H and O–H groups in total. The first-order valence-corrected chi connectivity index (χ1v) is 7.72. The molecule has 1 aromatic carbocycles. The first kappa shape index (κ1) is 16.2. The largest absolute Gasteiger partial charge is 0.342 e. The number of benzene rings is 1. The lowest BCUT2D eigenvalue weighted by atomic mass is 10.2. The molecular formula is C12H10BrN5O3S. The highest BCUT2D eigenvalue weighted by Crippen LogP contribution is 2.09. The summed E-state index contributed by atoms with van der Waals surface area (Å²) in [5, 5.41) is 9.44. The number of thioether (sulfide) groups is 1. The van der Waals surface area contributed by atoms with E-state index in [0.717, 1.165) is 21.8 Å². The number of carbonyl (C=O) groups is 1. The van der Waals surface area contributed by atoms with Crippen LogP contribution in [0.5, 0.6) is 0 Å². The van der Waals surface area contributed by atoms with Gasteiger partial charge >= 0.3 is 5.69 Å². The van der Waals surface area contributed by atoms with Crippen molar-refractivity contribution in [1.82, 2.24) is 20.6 Å². The quantitative estimate of drug-likeness (QED) is 0.393. The molecule has 0 unspecified atom stereocenters. The van der Waals surface area contributed by atoms with Crippen molar-refractivity contribution in [1.29, 1.82) is 0 Å². The van der Waals surface area contributed by atoms with Gasteiger partial charge in [0, 0.05) is 4.47 Å². The summed E-state index contributed by atoms with van der Waals surface area (Å²) in [5.41, 5.74) is 1.83. The summed E-state index contributed by atoms with van der Waals surface area (Å²) in [6.07, 6.45) is 1.50. The van der Waals surface area contributed by atoms with E-state index in [-0.39, 0.29) is 10.8 Å². The second-order valence-corrected chi connectivity index (χ2v) is 5.83. The maximum atomic E-state index is 11.6. The van der Waals surface area contributed by atoms with Gasteiger partial charge in [-0.25, -0.2) is 15.3 Å². The molecule has 0 fully saturated rings. The average molecular weight is 384 g/mol. The van der Waals surface area contributed by atoms with Crippen LogP contribution >= 0.6 is 27.7 Å². The predicted octanol–water partition coefficient (Wildman–Crippen LogP) is 0.463. The van der Waals surface area contributed by atoms with Crippen LogP contribution in [-0.2, 0) is 4.79 Å². The first-order valence-electron chi connectivity index (χ1n) is 5.94. The lowest BCUT2D eigenvalue weighted by Gasteiger charge is -1.99. The number of hydrogen-bond donors (Lipinski definition) is 3. The van der Waals surface area contributed by atoms with Gasteiger partial charge in [0.25, 0.3) is 5.56 Å². The number of amides is 1. The maximum Gasteiger partial charge on any atom is 0.342 e. The Balaban J connectivity index is 1.84. The van der Waals surface area contributed by atoms with Crippen LogP contribution < -0.4 is 16.7 Å². The number of rotatable bonds is 5. The number of nitrogens with one attached hydrogen (secondary N) is 3. The zero-order chi connectivity index (χ0) is 15.9. The fourth-order valence-electron chi connectivity index (χ4n) is 1.33. The fourth-order valence-corrected chi connectivity index (χ4v) is 2.22. The zero-order valence-electron chi connectivity index (χ0n) is 11.0. The molecule has 114 valence electrons. The number of H-pyrrole nitrogens is 2. The van der Waals surface area contributed by atoms with Crippen molar-refractivity contribution >= 4 is 39.8 Å². The van der Waals surface area contributed by atoms with Crippen molar-refractivity contribution in [3.8, 4) is 0 Å². The number of carbonyl (C=O) groups excluding carboxylic acids is 1. The summed E-state index contributed by atoms with van der Waals surface area (Å²) >= 11 is 4.21. The maximum absolute atomic E-state index is 11.6. The van der Waals surface area contributed by atoms with Gasteiger partial charge in [0.05, 0.1) is 12.0 Å². The van der Waals surface area contributed by atoms with Crippen LogP contribution in [0.4, 0.5) is 0 Å². The molecule has 0 spiro atoms. The molecule has 1 heterocycles. The normalized spacial score (nSPS) is 10.8. The van der Waals surface area contributed by atoms with Crippen LogP contribution in [0.1, 0.15) is 5.56 Å². The topological polar surface area (TPSA) is 120 Å². The lowest BCUT2D eigenvalue weighted by molar-refractivity contribution is -0.118. The number of halogens is 1. The highest BCUT2D eigenvalue weighted by molar-refractivity contribution is 9.10. The van der Waals surface area contributed by atoms with Crippen LogP contribution in [0.15, 0.2) is 48.5 Å². The van der Waals surface area contributed by atoms with E-state index < -0.39 is 17.2 Å². The van der Waals surface area contributed by atoms with Crippen LogP contribution in [0.25, 0.3) is 0 Å². The molecule has 0 saturated carbocycles. The second-order valence-electron chi connectivity index (χ2n) is 3.95. The smallest absolute Gasteiger partial charge is 0.272 e. The third-order valence-electron chi connectivity index (χ3n) is 2.29. The minimum atomic E-state index is -0.696. The van der Waals surface area contributed by atoms with Crippen molar-refractivity contribution < 1.29 is 4.79 Å². The van der Waals surface area contributed by atoms with Gasteiger partial charge in [-0.2, -0.15) is 10.2 Å². The van der Waals surface area contributed by atoms with Crippen molar-refractivity contribution in [2.75, 3.05) is 5.75 Å². The molecule has 0 saturated heterocycles. The Morgan fingerprint density at radius 3 is 2.77 bits per heavy atom. The van der Waals surface area contributed by atoms with Gasteiger partial charge in [-0.05, 0) is 17.7 Å². The van der Waals surface area contributed by atoms with Gasteiger partial charge in [-0.1, -0.05) is 39.8 Å². The molecule has 1 aromatic heterocycles. The van der Waals surface area contributed by atoms with E-state index in [0.29, 0.717) is 0 Å². The molecule has 0 atom stereocenters. The van der Waals surface area contributed by atoms with Gasteiger partial charge in [0.1, 0.15) is 0 Å². The molecule has 0 aliphatic rings. The average Bonchev–Trinajstić information content (AvgIpc) is 2.48. The van der Waals surface area contributed by atoms with Gasteiger partial charge < -0.3 is 0 Å². The lowest BCUT2D eigenvalue weighted by Crippen LogP contribution is -2.26. The van der Waals surface area contributed by atoms with E-state index in [4.69, 9.17) is 0 Å². The van der Waals surface area contributed by atoms with E-state index >= 15 is 0 Å². The van der Waals surface area contributed by atoms with Crippen LogP contribution in [0, 0.1) is 0 Å². The SMILES string of the molecule is O=C(CSc1n[nH]c(=O)[nH]c1=O)NN=Cc1ccc(Br)cc1. The van der Waals surface area contributed by atoms with E-state index in [2.05, 4.69) is 36.7 Å². The van der Waals surface area contributed by atoms with Crippen LogP contribution in [0.2, 0.25) is 0 Å². The first-order chi connectivity index (χ1) is 10.5. The number of hydrogen-bond acceptors (Lipinski definition) is 6. The summed E-state index contributed by atoms with van der Waals surface area (Å²) in [7, 11) is 0. The molecule has 0 radical (unpaired) electrons. The fraction of sp³-hybridized carbons (Fsp3) is 0.0833. The Hall–Kier alpha value is -2.20. The van der Waals surface area contributed by atoms with Gasteiger partial charge in [0.2, 0.25) is 5.91 Å². The summed E-state index contributed by atoms with van der Waals surface area (Å²) in [6.45, 7) is 0. The molecule has 2 aromatic rings. The summed E-state index contributed by atoms with van der Waals surface area (Å²) < 4.78 is 0.948. The monoisotopic (exact) mass is 383 g/mol. The molecule has 0 bridgehead atoms. The molecule has 22 heavy (non-hydrogen) atoms. The highest BCUT2D eigenvalue weighted by atomic mass is 79.9. The zero-order valence-corrected chi connectivity index (χ0v) is 13.4. The Kier molecular flexibility index (Phi) is 5.67. The molecule has 0 aliphatic heterocycles. The third kappa shape index (κ3) is 4.97. The standard InChI is InChI=1S/C12H10BrN5O3S/c13-8-3-1-7(2-4-8)5-14-16-9(19)6-22-11-10(20)15-12(21)18-17-11/h1-5H,6H2,(H,16,19)(H2,15,18,20,21). The Morgan fingerprint density at radius 1 is 1.36 bits per heavy atom. The molecule has 8 nitrogen and oxygen atoms in total. The van der Waals surface area contributed by atoms with Crippen molar-refractivity contribution in [2.45, 2.75) is 5.03 Å². The number of nitrogens with zero attached hydrogens (tertiary/aromatic N) is 2. The van der Waals surface area contributed by atoms with Gasteiger partial charge in [-0.15, -0.1) is 0 Å². The number of aromatic nitrogens is 3. The highest BCUT2D eigenvalue weighted by Gasteiger charge is 2.06. The molecule has 1 amide bonds. The second kappa shape index (κ2) is 7.71. The van der Waals surface area contributed by atoms with Crippen molar-refractivity contribution in [2.24, 2.45) is 5.10 Å². The van der Waals surface area contributed by atoms with E-state index in [9.17, 15) is 14.4 Å². The van der Waals surface area contributed by atoms with Crippen molar-refractivity contribution in [3.63, 3.8) is 0 Å². The summed E-state index contributed by atoms with van der Waals surface area (Å²) in [6, 6.07) is 7.37. The number of aromatic amines is 2. The van der Waals surface area contributed by atoms with E-state index in [1.54, 1.807) is 0 Å². The molecule has 10 heteroatoms. The Morgan fingerprint density at radius 2 is 2.09 bits per heavy atom. The molecule has 0 aliphatic carbocycles. The number of hydrazone groups is 1. The third-order valence-corrected chi connectivity index (χ3v) is 3.78. The van der Waals surface area contributed by atoms with Gasteiger partial charge in [-0.3, -0.25) is 14.6 Å². The Bertz CT molecular complexity index is 799. The van der Waals surface area contributed by atoms with Crippen LogP contribution in [0.3, 0.4) is 0 Å². The summed E-state index contributed by atoms with van der Waals surface area (Å²) in [4.78, 5) is 35.7. The summed E-state index contributed by atoms with van der Waals surface area (Å²) in [5.74, 6) is -0.453. The van der Waals surface area contributed by atoms with E-state index in [1.807, 2.05) is 29.2 Å². The van der Waals surface area contributed by atoms with Crippen LogP contribution in [-0.4, -0.2) is 33.1 Å². The predicted molar refractivity (Wildman–Crippen MR) is 86.1 cm³/mol. The molecule has 2 rings (SSSR count). The van der Waals surface area contributed by atoms with Gasteiger partial charge in [0.15, 0.2) is 5.03 Å². The molecular weight excluding hydrogens is 374 g/mol. The van der Waals surface area contributed by atoms with Crippen molar-refractivity contribution in [3.05, 3.63) is 55.1 Å². The minimum absolute atomic E-state index is 0.00615. The minimum Gasteiger partial charge on any atom is -0.272 e.